The number of aliphatic hydroxyl groups is 5. The molecule has 4 fully saturated rings. The van der Waals surface area contributed by atoms with E-state index in [1.165, 1.54) is 0 Å². The molecule has 3 heterocycles. The monoisotopic (exact) mass is 650 g/mol. The van der Waals surface area contributed by atoms with E-state index in [-0.39, 0.29) is 12.5 Å². The smallest absolute Gasteiger partial charge is 0.332 e. The first-order valence-electron chi connectivity index (χ1n) is 16.6. The third-order valence-electron chi connectivity index (χ3n) is 9.50. The molecule has 45 heavy (non-hydrogen) atoms. The van der Waals surface area contributed by atoms with Crippen molar-refractivity contribution in [1.82, 2.24) is 0 Å². The summed E-state index contributed by atoms with van der Waals surface area (Å²) in [5.74, 6) is -0.942. The van der Waals surface area contributed by atoms with E-state index in [1.54, 1.807) is 13.8 Å². The van der Waals surface area contributed by atoms with E-state index in [9.17, 15) is 35.4 Å². The third kappa shape index (κ3) is 9.33. The van der Waals surface area contributed by atoms with Gasteiger partial charge in [-0.05, 0) is 39.0 Å². The highest BCUT2D eigenvalue weighted by Gasteiger charge is 2.51. The zero-order valence-electron chi connectivity index (χ0n) is 26.6. The minimum Gasteiger partial charge on any atom is -0.479 e. The minimum atomic E-state index is -1.54. The average Bonchev–Trinajstić information content (AvgIpc) is 3.02. The van der Waals surface area contributed by atoms with Crippen LogP contribution in [-0.4, -0.2) is 142 Å². The van der Waals surface area contributed by atoms with Crippen molar-refractivity contribution >= 4 is 5.97 Å². The van der Waals surface area contributed by atoms with Crippen molar-refractivity contribution in [1.29, 1.82) is 0 Å². The van der Waals surface area contributed by atoms with Gasteiger partial charge in [-0.25, -0.2) is 4.79 Å². The maximum absolute atomic E-state index is 12.4. The van der Waals surface area contributed by atoms with Gasteiger partial charge in [0.05, 0.1) is 24.9 Å². The summed E-state index contributed by atoms with van der Waals surface area (Å²) < 4.78 is 42.4. The van der Waals surface area contributed by atoms with Crippen LogP contribution in [0.15, 0.2) is 0 Å². The molecule has 4 rings (SSSR count). The van der Waals surface area contributed by atoms with Crippen LogP contribution in [0.2, 0.25) is 0 Å². The first-order valence-corrected chi connectivity index (χ1v) is 16.6. The molecule has 14 atom stereocenters. The van der Waals surface area contributed by atoms with Gasteiger partial charge >= 0.3 is 5.97 Å². The first kappa shape index (κ1) is 36.8. The van der Waals surface area contributed by atoms with Crippen molar-refractivity contribution in [2.24, 2.45) is 5.92 Å². The van der Waals surface area contributed by atoms with Crippen LogP contribution in [0.25, 0.3) is 0 Å². The van der Waals surface area contributed by atoms with Crippen molar-refractivity contribution in [3.63, 3.8) is 0 Å². The van der Waals surface area contributed by atoms with Crippen molar-refractivity contribution in [3.8, 4) is 0 Å². The van der Waals surface area contributed by atoms with Crippen molar-refractivity contribution < 1.29 is 68.6 Å². The predicted octanol–water partition coefficient (Wildman–Crippen LogP) is 0.465. The van der Waals surface area contributed by atoms with Crippen molar-refractivity contribution in [2.75, 3.05) is 19.8 Å². The number of aliphatic carboxylic acids is 1. The lowest BCUT2D eigenvalue weighted by atomic mass is 9.85. The van der Waals surface area contributed by atoms with E-state index in [0.29, 0.717) is 25.9 Å². The molecule has 3 saturated heterocycles. The molecule has 0 spiro atoms. The van der Waals surface area contributed by atoms with Crippen LogP contribution in [0.5, 0.6) is 0 Å². The van der Waals surface area contributed by atoms with Gasteiger partial charge in [-0.2, -0.15) is 0 Å². The van der Waals surface area contributed by atoms with E-state index in [0.717, 1.165) is 38.5 Å². The Labute approximate surface area is 264 Å². The van der Waals surface area contributed by atoms with E-state index in [2.05, 4.69) is 0 Å². The highest BCUT2D eigenvalue weighted by molar-refractivity contribution is 5.72. The van der Waals surface area contributed by atoms with Crippen LogP contribution in [0, 0.1) is 5.92 Å². The highest BCUT2D eigenvalue weighted by Crippen LogP contribution is 2.35. The van der Waals surface area contributed by atoms with Gasteiger partial charge in [0.1, 0.15) is 48.8 Å². The minimum absolute atomic E-state index is 0.193. The molecule has 14 nitrogen and oxygen atoms in total. The number of carboxylic acids is 1. The molecule has 262 valence electrons. The standard InChI is InChI=1S/C31H54O14/c1-4-5-12-40-28-27(42-20(29(37)38)14-18-9-7-6-8-10-18)23(34)21(15-32)44-31(28)43-19-11-13-39-17(3)26(19)45-30-25(36)24(35)22(33)16(2)41-30/h16-28,30-36H,4-15H2,1-3H3,(H,37,38)/t16?,17?,19?,20-,21?,22?,23?,24?,25?,26?,27?,28?,30?,31?/m0/s1. The Morgan fingerprint density at radius 3 is 2.24 bits per heavy atom. The second-order valence-corrected chi connectivity index (χ2v) is 12.9. The molecular formula is C31H54O14. The number of ether oxygens (including phenoxy) is 7. The van der Waals surface area contributed by atoms with Crippen molar-refractivity contribution in [3.05, 3.63) is 0 Å². The lowest BCUT2D eigenvalue weighted by Gasteiger charge is -2.47. The van der Waals surface area contributed by atoms with Gasteiger partial charge in [0, 0.05) is 13.2 Å². The highest BCUT2D eigenvalue weighted by atomic mass is 16.7. The fourth-order valence-electron chi connectivity index (χ4n) is 6.70. The van der Waals surface area contributed by atoms with Gasteiger partial charge in [-0.15, -0.1) is 0 Å². The number of carboxylic acid groups (broad SMARTS) is 1. The van der Waals surface area contributed by atoms with E-state index < -0.39 is 98.4 Å². The molecule has 0 aromatic heterocycles. The normalized spacial score (nSPS) is 42.4. The summed E-state index contributed by atoms with van der Waals surface area (Å²) in [5, 5.41) is 62.5. The first-order chi connectivity index (χ1) is 21.5. The van der Waals surface area contributed by atoms with Gasteiger partial charge < -0.3 is 63.8 Å². The number of rotatable bonds is 14. The summed E-state index contributed by atoms with van der Waals surface area (Å²) in [4.78, 5) is 12.4. The van der Waals surface area contributed by atoms with Crippen LogP contribution >= 0.6 is 0 Å². The molecule has 4 aliphatic rings. The van der Waals surface area contributed by atoms with Gasteiger partial charge in [0.25, 0.3) is 0 Å². The van der Waals surface area contributed by atoms with Crippen LogP contribution in [0.4, 0.5) is 0 Å². The van der Waals surface area contributed by atoms with Gasteiger partial charge in [0.2, 0.25) is 0 Å². The second kappa shape index (κ2) is 17.4. The summed E-state index contributed by atoms with van der Waals surface area (Å²) in [6.45, 7) is 5.31. The zero-order valence-corrected chi connectivity index (χ0v) is 26.6. The molecule has 6 N–H and O–H groups in total. The fourth-order valence-corrected chi connectivity index (χ4v) is 6.70. The Morgan fingerprint density at radius 1 is 0.844 bits per heavy atom. The number of carbonyl (C=O) groups is 1. The molecule has 0 amide bonds. The molecule has 0 aromatic rings. The Balaban J connectivity index is 1.55. The van der Waals surface area contributed by atoms with E-state index >= 15 is 0 Å². The summed E-state index contributed by atoms with van der Waals surface area (Å²) in [6, 6.07) is 0. The van der Waals surface area contributed by atoms with Crippen LogP contribution < -0.4 is 0 Å². The molecule has 0 radical (unpaired) electrons. The third-order valence-corrected chi connectivity index (χ3v) is 9.50. The Morgan fingerprint density at radius 2 is 1.58 bits per heavy atom. The Hall–Kier alpha value is -1.01. The van der Waals surface area contributed by atoms with Gasteiger partial charge in [-0.3, -0.25) is 0 Å². The topological polar surface area (TPSA) is 203 Å². The van der Waals surface area contributed by atoms with Crippen LogP contribution in [0.1, 0.15) is 78.6 Å². The molecular weight excluding hydrogens is 596 g/mol. The van der Waals surface area contributed by atoms with Crippen LogP contribution in [0.3, 0.4) is 0 Å². The molecule has 0 aromatic carbocycles. The van der Waals surface area contributed by atoms with Gasteiger partial charge in [-0.1, -0.05) is 45.4 Å². The summed E-state index contributed by atoms with van der Waals surface area (Å²) in [6.07, 6.45) is -8.50. The fraction of sp³-hybridized carbons (Fsp3) is 0.968. The lowest BCUT2D eigenvalue weighted by molar-refractivity contribution is -0.358. The maximum atomic E-state index is 12.4. The average molecular weight is 651 g/mol. The number of aliphatic hydroxyl groups excluding tert-OH is 5. The Kier molecular flexibility index (Phi) is 14.2. The van der Waals surface area contributed by atoms with E-state index in [1.807, 2.05) is 6.92 Å². The predicted molar refractivity (Wildman–Crippen MR) is 156 cm³/mol. The SMILES string of the molecule is CCCCOC1C(OC2CCOC(C)C2OC2OC(C)C(O)C(O)C2O)OC(CO)C(O)C1O[C@@H](CC1CCCCC1)C(=O)O. The molecule has 1 saturated carbocycles. The molecule has 1 aliphatic carbocycles. The maximum Gasteiger partial charge on any atom is 0.332 e. The lowest BCUT2D eigenvalue weighted by Crippen LogP contribution is -2.64. The number of unbranched alkanes of at least 4 members (excludes halogenated alkanes) is 1. The molecule has 13 unspecified atom stereocenters. The molecule has 14 heteroatoms. The van der Waals surface area contributed by atoms with Gasteiger partial charge in [0.15, 0.2) is 18.7 Å². The Bertz CT molecular complexity index is 888. The van der Waals surface area contributed by atoms with Crippen LogP contribution in [-0.2, 0) is 38.0 Å². The largest absolute Gasteiger partial charge is 0.479 e. The zero-order chi connectivity index (χ0) is 32.7. The quantitative estimate of drug-likeness (QED) is 0.142. The summed E-state index contributed by atoms with van der Waals surface area (Å²) in [5.41, 5.74) is 0. The molecule has 0 bridgehead atoms. The second-order valence-electron chi connectivity index (χ2n) is 12.9. The summed E-state index contributed by atoms with van der Waals surface area (Å²) in [7, 11) is 0. The molecule has 3 aliphatic heterocycles. The van der Waals surface area contributed by atoms with E-state index in [4.69, 9.17) is 33.2 Å². The number of hydrogen-bond acceptors (Lipinski definition) is 13. The van der Waals surface area contributed by atoms with Crippen molar-refractivity contribution in [2.45, 2.75) is 164 Å². The number of hydrogen-bond donors (Lipinski definition) is 6. The summed E-state index contributed by atoms with van der Waals surface area (Å²) >= 11 is 0.